The van der Waals surface area contributed by atoms with Crippen molar-refractivity contribution in [3.8, 4) is 0 Å². The molecule has 0 atom stereocenters. The number of carbonyl (C=O) groups is 1. The lowest BCUT2D eigenvalue weighted by Crippen LogP contribution is -2.26. The van der Waals surface area contributed by atoms with Crippen LogP contribution in [0.4, 0.5) is 11.4 Å². The summed E-state index contributed by atoms with van der Waals surface area (Å²) < 4.78 is 0. The van der Waals surface area contributed by atoms with Crippen molar-refractivity contribution in [3.05, 3.63) is 39.8 Å². The highest BCUT2D eigenvalue weighted by Gasteiger charge is 2.17. The highest BCUT2D eigenvalue weighted by molar-refractivity contribution is 7.11. The second-order valence-corrected chi connectivity index (χ2v) is 4.76. The van der Waals surface area contributed by atoms with Gasteiger partial charge in [-0.2, -0.15) is 0 Å². The van der Waals surface area contributed by atoms with Crippen LogP contribution in [-0.2, 0) is 0 Å². The Bertz CT molecular complexity index is 542. The zero-order valence-corrected chi connectivity index (χ0v) is 10.6. The van der Waals surface area contributed by atoms with Crippen molar-refractivity contribution in [2.24, 2.45) is 0 Å². The van der Waals surface area contributed by atoms with Crippen molar-refractivity contribution < 1.29 is 4.79 Å². The first-order valence-corrected chi connectivity index (χ1v) is 6.07. The number of carbonyl (C=O) groups excluding carboxylic acids is 1. The monoisotopic (exact) mass is 267 g/mol. The molecule has 1 aromatic heterocycles. The van der Waals surface area contributed by atoms with Crippen molar-refractivity contribution in [1.29, 1.82) is 0 Å². The average molecular weight is 268 g/mol. The molecule has 17 heavy (non-hydrogen) atoms. The maximum atomic E-state index is 12.1. The Morgan fingerprint density at radius 3 is 2.94 bits per heavy atom. The highest BCUT2D eigenvalue weighted by Crippen LogP contribution is 2.27. The van der Waals surface area contributed by atoms with Crippen LogP contribution in [0.5, 0.6) is 0 Å². The zero-order valence-electron chi connectivity index (χ0n) is 9.05. The summed E-state index contributed by atoms with van der Waals surface area (Å²) in [5.41, 5.74) is 8.53. The van der Waals surface area contributed by atoms with E-state index >= 15 is 0 Å². The van der Waals surface area contributed by atoms with E-state index in [2.05, 4.69) is 4.98 Å². The van der Waals surface area contributed by atoms with Gasteiger partial charge in [0.1, 0.15) is 4.88 Å². The highest BCUT2D eigenvalue weighted by atomic mass is 35.5. The van der Waals surface area contributed by atoms with Crippen LogP contribution in [0.2, 0.25) is 5.02 Å². The molecule has 2 N–H and O–H groups in total. The third-order valence-corrected chi connectivity index (χ3v) is 3.30. The van der Waals surface area contributed by atoms with E-state index < -0.39 is 0 Å². The van der Waals surface area contributed by atoms with E-state index in [1.165, 1.54) is 22.4 Å². The first-order valence-electron chi connectivity index (χ1n) is 4.81. The lowest BCUT2D eigenvalue weighted by atomic mass is 10.2. The Hall–Kier alpha value is -1.59. The van der Waals surface area contributed by atoms with Gasteiger partial charge in [-0.25, -0.2) is 0 Å². The summed E-state index contributed by atoms with van der Waals surface area (Å²) in [5.74, 6) is -0.151. The number of halogens is 1. The molecular weight excluding hydrogens is 258 g/mol. The Labute approximate surface area is 108 Å². The molecule has 0 bridgehead atoms. The fourth-order valence-corrected chi connectivity index (χ4v) is 2.16. The van der Waals surface area contributed by atoms with E-state index in [-0.39, 0.29) is 5.91 Å². The lowest BCUT2D eigenvalue weighted by molar-refractivity contribution is 0.0997. The van der Waals surface area contributed by atoms with Crippen molar-refractivity contribution >= 4 is 40.2 Å². The molecule has 88 valence electrons. The maximum absolute atomic E-state index is 12.1. The van der Waals surface area contributed by atoms with Gasteiger partial charge in [-0.15, -0.1) is 11.3 Å². The Morgan fingerprint density at radius 2 is 2.29 bits per heavy atom. The number of rotatable bonds is 2. The van der Waals surface area contributed by atoms with Crippen LogP contribution in [0, 0.1) is 0 Å². The fourth-order valence-electron chi connectivity index (χ4n) is 1.40. The maximum Gasteiger partial charge on any atom is 0.269 e. The third-order valence-electron chi connectivity index (χ3n) is 2.30. The van der Waals surface area contributed by atoms with Crippen molar-refractivity contribution in [2.45, 2.75) is 0 Å². The minimum atomic E-state index is -0.151. The molecule has 0 unspecified atom stereocenters. The van der Waals surface area contributed by atoms with Gasteiger partial charge >= 0.3 is 0 Å². The molecule has 0 fully saturated rings. The number of anilines is 2. The number of nitrogens with zero attached hydrogens (tertiary/aromatic N) is 2. The van der Waals surface area contributed by atoms with Gasteiger partial charge in [0.2, 0.25) is 0 Å². The molecule has 0 aliphatic heterocycles. The molecular formula is C11H10ClN3OS. The number of thiazole rings is 1. The van der Waals surface area contributed by atoms with Crippen LogP contribution in [-0.4, -0.2) is 17.9 Å². The summed E-state index contributed by atoms with van der Waals surface area (Å²) >= 11 is 7.18. The number of aromatic nitrogens is 1. The molecule has 1 heterocycles. The van der Waals surface area contributed by atoms with Crippen LogP contribution in [0.15, 0.2) is 29.9 Å². The number of amides is 1. The molecule has 6 heteroatoms. The number of nitrogens with two attached hydrogens (primary N) is 1. The zero-order chi connectivity index (χ0) is 12.4. The van der Waals surface area contributed by atoms with Crippen molar-refractivity contribution in [2.75, 3.05) is 17.7 Å². The molecule has 4 nitrogen and oxygen atoms in total. The van der Waals surface area contributed by atoms with Crippen LogP contribution in [0.25, 0.3) is 0 Å². The lowest BCUT2D eigenvalue weighted by Gasteiger charge is -2.18. The minimum absolute atomic E-state index is 0.151. The molecule has 2 rings (SSSR count). The number of hydrogen-bond acceptors (Lipinski definition) is 4. The first kappa shape index (κ1) is 11.9. The predicted molar refractivity (Wildman–Crippen MR) is 70.7 cm³/mol. The van der Waals surface area contributed by atoms with Crippen LogP contribution >= 0.6 is 22.9 Å². The summed E-state index contributed by atoms with van der Waals surface area (Å²) in [7, 11) is 1.66. The van der Waals surface area contributed by atoms with Gasteiger partial charge in [0.25, 0.3) is 5.91 Å². The fraction of sp³-hybridized carbons (Fsp3) is 0.0909. The molecule has 0 aliphatic carbocycles. The Morgan fingerprint density at radius 1 is 1.53 bits per heavy atom. The van der Waals surface area contributed by atoms with Gasteiger partial charge in [0.15, 0.2) is 0 Å². The SMILES string of the molecule is CN(C(=O)c1cncs1)c1cc(Cl)ccc1N. The van der Waals surface area contributed by atoms with E-state index in [1.54, 1.807) is 30.8 Å². The normalized spacial score (nSPS) is 10.2. The van der Waals surface area contributed by atoms with Crippen LogP contribution in [0.3, 0.4) is 0 Å². The smallest absolute Gasteiger partial charge is 0.269 e. The molecule has 2 aromatic rings. The van der Waals surface area contributed by atoms with Crippen molar-refractivity contribution in [1.82, 2.24) is 4.98 Å². The van der Waals surface area contributed by atoms with Gasteiger partial charge in [0, 0.05) is 12.1 Å². The molecule has 0 saturated carbocycles. The van der Waals surface area contributed by atoms with Crippen molar-refractivity contribution in [3.63, 3.8) is 0 Å². The van der Waals surface area contributed by atoms with E-state index in [0.29, 0.717) is 21.3 Å². The third kappa shape index (κ3) is 2.40. The van der Waals surface area contributed by atoms with Gasteiger partial charge in [-0.1, -0.05) is 11.6 Å². The van der Waals surface area contributed by atoms with E-state index in [1.807, 2.05) is 0 Å². The molecule has 1 aromatic carbocycles. The summed E-state index contributed by atoms with van der Waals surface area (Å²) in [6.07, 6.45) is 1.53. The van der Waals surface area contributed by atoms with E-state index in [4.69, 9.17) is 17.3 Å². The second-order valence-electron chi connectivity index (χ2n) is 3.43. The van der Waals surface area contributed by atoms with Crippen LogP contribution < -0.4 is 10.6 Å². The summed E-state index contributed by atoms with van der Waals surface area (Å²) in [4.78, 5) is 18.0. The molecule has 0 saturated heterocycles. The summed E-state index contributed by atoms with van der Waals surface area (Å²) in [6.45, 7) is 0. The number of hydrogen-bond donors (Lipinski definition) is 1. The summed E-state index contributed by atoms with van der Waals surface area (Å²) in [6, 6.07) is 5.02. The standard InChI is InChI=1S/C11H10ClN3OS/c1-15(11(16)10-5-14-6-17-10)9-4-7(12)2-3-8(9)13/h2-6H,13H2,1H3. The van der Waals surface area contributed by atoms with E-state index in [9.17, 15) is 4.79 Å². The van der Waals surface area contributed by atoms with Gasteiger partial charge < -0.3 is 10.6 Å². The predicted octanol–water partition coefficient (Wildman–Crippen LogP) is 2.66. The molecule has 1 amide bonds. The average Bonchev–Trinajstić information content (AvgIpc) is 2.84. The molecule has 0 radical (unpaired) electrons. The van der Waals surface area contributed by atoms with Gasteiger partial charge in [0.05, 0.1) is 23.1 Å². The Balaban J connectivity index is 2.34. The second kappa shape index (κ2) is 4.73. The van der Waals surface area contributed by atoms with E-state index in [0.717, 1.165) is 0 Å². The van der Waals surface area contributed by atoms with Gasteiger partial charge in [-0.3, -0.25) is 9.78 Å². The first-order chi connectivity index (χ1) is 8.09. The minimum Gasteiger partial charge on any atom is -0.397 e. The number of benzene rings is 1. The van der Waals surface area contributed by atoms with Crippen LogP contribution in [0.1, 0.15) is 9.67 Å². The molecule has 0 aliphatic rings. The van der Waals surface area contributed by atoms with Gasteiger partial charge in [-0.05, 0) is 18.2 Å². The summed E-state index contributed by atoms with van der Waals surface area (Å²) in [5, 5.41) is 0.540. The number of nitrogen functional groups attached to an aromatic ring is 1. The molecule has 0 spiro atoms. The topological polar surface area (TPSA) is 59.2 Å². The Kier molecular flexibility index (Phi) is 3.31. The quantitative estimate of drug-likeness (QED) is 0.851. The largest absolute Gasteiger partial charge is 0.397 e.